The van der Waals surface area contributed by atoms with Crippen LogP contribution in [0.15, 0.2) is 24.3 Å². The molecular weight excluding hydrogens is 285 g/mol. The fourth-order valence-electron chi connectivity index (χ4n) is 1.80. The van der Waals surface area contributed by atoms with Gasteiger partial charge in [-0.25, -0.2) is 0 Å². The number of halogens is 3. The van der Waals surface area contributed by atoms with Crippen LogP contribution in [-0.2, 0) is 11.3 Å². The normalized spacial score (nSPS) is 13.1. The van der Waals surface area contributed by atoms with E-state index in [-0.39, 0.29) is 23.8 Å². The number of benzene rings is 1. The van der Waals surface area contributed by atoms with Gasteiger partial charge in [-0.2, -0.15) is 0 Å². The summed E-state index contributed by atoms with van der Waals surface area (Å²) in [6.07, 6.45) is -4.26. The van der Waals surface area contributed by atoms with Crippen LogP contribution in [0.2, 0.25) is 0 Å². The second-order valence-electron chi connectivity index (χ2n) is 5.11. The Morgan fingerprint density at radius 2 is 1.95 bits per heavy atom. The third-order valence-electron chi connectivity index (χ3n) is 2.71. The van der Waals surface area contributed by atoms with E-state index >= 15 is 0 Å². The van der Waals surface area contributed by atoms with E-state index in [1.807, 2.05) is 13.8 Å². The van der Waals surface area contributed by atoms with Crippen LogP contribution < -0.4 is 15.8 Å². The molecule has 1 rings (SSSR count). The van der Waals surface area contributed by atoms with Gasteiger partial charge >= 0.3 is 6.36 Å². The van der Waals surface area contributed by atoms with E-state index in [0.717, 1.165) is 0 Å². The molecule has 1 aromatic rings. The highest BCUT2D eigenvalue weighted by atomic mass is 19.4. The van der Waals surface area contributed by atoms with E-state index in [4.69, 9.17) is 5.73 Å². The Balaban J connectivity index is 2.65. The first-order valence-electron chi connectivity index (χ1n) is 6.56. The molecule has 0 aliphatic carbocycles. The smallest absolute Gasteiger partial charge is 0.405 e. The quantitative estimate of drug-likeness (QED) is 0.849. The minimum Gasteiger partial charge on any atom is -0.405 e. The summed E-state index contributed by atoms with van der Waals surface area (Å²) in [5, 5.41) is 2.52. The second-order valence-corrected chi connectivity index (χ2v) is 5.11. The van der Waals surface area contributed by atoms with Crippen LogP contribution in [0.1, 0.15) is 25.8 Å². The summed E-state index contributed by atoms with van der Waals surface area (Å²) in [4.78, 5) is 11.7. The van der Waals surface area contributed by atoms with Crippen molar-refractivity contribution in [2.45, 2.75) is 39.2 Å². The van der Waals surface area contributed by atoms with Crippen LogP contribution in [0.25, 0.3) is 0 Å². The number of carbonyl (C=O) groups is 1. The number of amides is 1. The van der Waals surface area contributed by atoms with Gasteiger partial charge in [-0.3, -0.25) is 4.79 Å². The average molecular weight is 304 g/mol. The lowest BCUT2D eigenvalue weighted by atomic mass is 10.0. The van der Waals surface area contributed by atoms with Crippen molar-refractivity contribution < 1.29 is 22.7 Å². The third kappa shape index (κ3) is 6.48. The van der Waals surface area contributed by atoms with Crippen molar-refractivity contribution >= 4 is 5.91 Å². The molecule has 0 aromatic heterocycles. The lowest BCUT2D eigenvalue weighted by Gasteiger charge is -2.16. The zero-order valence-corrected chi connectivity index (χ0v) is 11.9. The average Bonchev–Trinajstić information content (AvgIpc) is 2.34. The number of para-hydroxylation sites is 1. The van der Waals surface area contributed by atoms with E-state index in [2.05, 4.69) is 10.1 Å². The summed E-state index contributed by atoms with van der Waals surface area (Å²) in [6.45, 7) is 3.79. The Hall–Kier alpha value is -1.76. The monoisotopic (exact) mass is 304 g/mol. The highest BCUT2D eigenvalue weighted by Crippen LogP contribution is 2.26. The molecule has 0 aliphatic rings. The summed E-state index contributed by atoms with van der Waals surface area (Å²) in [5.74, 6) is -0.472. The molecule has 0 heterocycles. The number of ether oxygens (including phenoxy) is 1. The second kappa shape index (κ2) is 7.31. The largest absolute Gasteiger partial charge is 0.573 e. The summed E-state index contributed by atoms with van der Waals surface area (Å²) in [7, 11) is 0. The van der Waals surface area contributed by atoms with Crippen LogP contribution >= 0.6 is 0 Å². The van der Waals surface area contributed by atoms with Crippen molar-refractivity contribution in [3.8, 4) is 5.75 Å². The van der Waals surface area contributed by atoms with Crippen molar-refractivity contribution in [1.29, 1.82) is 0 Å². The molecule has 0 aliphatic heterocycles. The molecule has 0 saturated carbocycles. The minimum atomic E-state index is -4.77. The molecule has 21 heavy (non-hydrogen) atoms. The maximum atomic E-state index is 12.3. The van der Waals surface area contributed by atoms with Gasteiger partial charge in [0, 0.05) is 12.1 Å². The topological polar surface area (TPSA) is 64.4 Å². The SMILES string of the molecule is CC(C)C[C@H](N)C(=O)NCc1ccccc1OC(F)(F)F. The van der Waals surface area contributed by atoms with Gasteiger partial charge in [-0.1, -0.05) is 32.0 Å². The molecule has 7 heteroatoms. The first-order valence-corrected chi connectivity index (χ1v) is 6.56. The lowest BCUT2D eigenvalue weighted by molar-refractivity contribution is -0.274. The lowest BCUT2D eigenvalue weighted by Crippen LogP contribution is -2.41. The molecule has 0 spiro atoms. The Kier molecular flexibility index (Phi) is 6.02. The summed E-state index contributed by atoms with van der Waals surface area (Å²) in [5.41, 5.74) is 5.93. The van der Waals surface area contributed by atoms with E-state index in [1.54, 1.807) is 6.07 Å². The summed E-state index contributed by atoms with van der Waals surface area (Å²) < 4.78 is 40.7. The van der Waals surface area contributed by atoms with Crippen LogP contribution in [0.5, 0.6) is 5.75 Å². The van der Waals surface area contributed by atoms with E-state index < -0.39 is 18.3 Å². The van der Waals surface area contributed by atoms with E-state index in [9.17, 15) is 18.0 Å². The number of hydrogen-bond donors (Lipinski definition) is 2. The molecule has 0 radical (unpaired) electrons. The van der Waals surface area contributed by atoms with Crippen LogP contribution in [0.4, 0.5) is 13.2 Å². The number of alkyl halides is 3. The molecule has 1 amide bonds. The van der Waals surface area contributed by atoms with Crippen molar-refractivity contribution in [1.82, 2.24) is 5.32 Å². The fraction of sp³-hybridized carbons (Fsp3) is 0.500. The molecule has 4 nitrogen and oxygen atoms in total. The van der Waals surface area contributed by atoms with Gasteiger partial charge in [0.05, 0.1) is 6.04 Å². The Morgan fingerprint density at radius 1 is 1.33 bits per heavy atom. The van der Waals surface area contributed by atoms with E-state index in [1.165, 1.54) is 18.2 Å². The predicted octanol–water partition coefficient (Wildman–Crippen LogP) is 2.57. The number of rotatable bonds is 6. The Labute approximate surface area is 121 Å². The van der Waals surface area contributed by atoms with Gasteiger partial charge in [0.15, 0.2) is 0 Å². The van der Waals surface area contributed by atoms with Crippen molar-refractivity contribution in [2.75, 3.05) is 0 Å². The standard InChI is InChI=1S/C14H19F3N2O2/c1-9(2)7-11(18)13(20)19-8-10-5-3-4-6-12(10)21-14(15,16)17/h3-6,9,11H,7-8,18H2,1-2H3,(H,19,20)/t11-/m0/s1. The minimum absolute atomic E-state index is 0.0725. The fourth-order valence-corrected chi connectivity index (χ4v) is 1.80. The highest BCUT2D eigenvalue weighted by Gasteiger charge is 2.32. The van der Waals surface area contributed by atoms with Crippen molar-refractivity contribution in [3.05, 3.63) is 29.8 Å². The van der Waals surface area contributed by atoms with E-state index in [0.29, 0.717) is 6.42 Å². The first kappa shape index (κ1) is 17.3. The third-order valence-corrected chi connectivity index (χ3v) is 2.71. The van der Waals surface area contributed by atoms with Crippen molar-refractivity contribution in [3.63, 3.8) is 0 Å². The molecule has 0 bridgehead atoms. The Morgan fingerprint density at radius 3 is 2.52 bits per heavy atom. The maximum Gasteiger partial charge on any atom is 0.573 e. The van der Waals surface area contributed by atoms with Gasteiger partial charge in [-0.15, -0.1) is 13.2 Å². The van der Waals surface area contributed by atoms with Crippen molar-refractivity contribution in [2.24, 2.45) is 11.7 Å². The summed E-state index contributed by atoms with van der Waals surface area (Å²) in [6, 6.07) is 4.97. The highest BCUT2D eigenvalue weighted by molar-refractivity contribution is 5.81. The maximum absolute atomic E-state index is 12.3. The molecule has 118 valence electrons. The molecular formula is C14H19F3N2O2. The number of carbonyl (C=O) groups excluding carboxylic acids is 1. The summed E-state index contributed by atoms with van der Waals surface area (Å²) >= 11 is 0. The number of nitrogens with one attached hydrogen (secondary N) is 1. The molecule has 0 saturated heterocycles. The molecule has 1 aromatic carbocycles. The zero-order chi connectivity index (χ0) is 16.0. The number of nitrogens with two attached hydrogens (primary N) is 1. The molecule has 1 atom stereocenters. The first-order chi connectivity index (χ1) is 9.69. The number of hydrogen-bond acceptors (Lipinski definition) is 3. The molecule has 3 N–H and O–H groups in total. The zero-order valence-electron chi connectivity index (χ0n) is 11.9. The van der Waals surface area contributed by atoms with Gasteiger partial charge in [0.1, 0.15) is 5.75 Å². The predicted molar refractivity (Wildman–Crippen MR) is 72.4 cm³/mol. The van der Waals surface area contributed by atoms with Gasteiger partial charge in [-0.05, 0) is 18.4 Å². The van der Waals surface area contributed by atoms with Gasteiger partial charge < -0.3 is 15.8 Å². The molecule has 0 unspecified atom stereocenters. The van der Waals surface area contributed by atoms with Gasteiger partial charge in [0.2, 0.25) is 5.91 Å². The van der Waals surface area contributed by atoms with Crippen LogP contribution in [0.3, 0.4) is 0 Å². The van der Waals surface area contributed by atoms with Crippen LogP contribution in [0, 0.1) is 5.92 Å². The Bertz CT molecular complexity index is 476. The van der Waals surface area contributed by atoms with Crippen LogP contribution in [-0.4, -0.2) is 18.3 Å². The molecule has 0 fully saturated rings. The van der Waals surface area contributed by atoms with Gasteiger partial charge in [0.25, 0.3) is 0 Å².